The van der Waals surface area contributed by atoms with Crippen LogP contribution in [0.25, 0.3) is 10.4 Å². The zero-order chi connectivity index (χ0) is 12.5. The smallest absolute Gasteiger partial charge is 0.154 e. The van der Waals surface area contributed by atoms with E-state index in [2.05, 4.69) is 15.1 Å². The molecule has 8 heteroatoms. The van der Waals surface area contributed by atoms with E-state index in [0.717, 1.165) is 17.0 Å². The van der Waals surface area contributed by atoms with Gasteiger partial charge in [-0.3, -0.25) is 4.68 Å². The number of rotatable bonds is 3. The lowest BCUT2D eigenvalue weighted by atomic mass is 10.1. The van der Waals surface area contributed by atoms with Gasteiger partial charge in [0.1, 0.15) is 0 Å². The lowest BCUT2D eigenvalue weighted by Crippen LogP contribution is -2.19. The molecule has 7 nitrogen and oxygen atoms in total. The summed E-state index contributed by atoms with van der Waals surface area (Å²) < 4.78 is 24.9. The highest BCUT2D eigenvalue weighted by atomic mass is 32.2. The molecule has 0 N–H and O–H groups in total. The maximum Gasteiger partial charge on any atom is 0.154 e. The fourth-order valence-corrected chi connectivity index (χ4v) is 3.51. The minimum absolute atomic E-state index is 0.0573. The predicted octanol–water partition coefficient (Wildman–Crippen LogP) is 0.744. The van der Waals surface area contributed by atoms with E-state index in [4.69, 9.17) is 5.53 Å². The fourth-order valence-electron chi connectivity index (χ4n) is 2.09. The molecule has 0 bridgehead atoms. The third-order valence-electron chi connectivity index (χ3n) is 2.88. The van der Waals surface area contributed by atoms with E-state index < -0.39 is 9.84 Å². The normalized spacial score (nSPS) is 17.2. The maximum atomic E-state index is 11.6. The Hall–Kier alpha value is -1.53. The molecule has 1 aliphatic heterocycles. The van der Waals surface area contributed by atoms with Crippen LogP contribution in [0.1, 0.15) is 17.0 Å². The van der Waals surface area contributed by atoms with Gasteiger partial charge in [-0.2, -0.15) is 5.10 Å². The molecular weight excluding hydrogens is 242 g/mol. The van der Waals surface area contributed by atoms with Gasteiger partial charge in [0.05, 0.1) is 17.2 Å². The molecule has 1 aromatic rings. The molecule has 2 rings (SSSR count). The zero-order valence-corrected chi connectivity index (χ0v) is 10.3. The molecule has 0 amide bonds. The van der Waals surface area contributed by atoms with E-state index in [1.54, 1.807) is 11.7 Å². The summed E-state index contributed by atoms with van der Waals surface area (Å²) in [4.78, 5) is 2.68. The van der Waals surface area contributed by atoms with Gasteiger partial charge in [0.15, 0.2) is 9.84 Å². The molecule has 0 saturated heterocycles. The van der Waals surface area contributed by atoms with E-state index >= 15 is 0 Å². The quantitative estimate of drug-likeness (QED) is 0.452. The average Bonchev–Trinajstić information content (AvgIpc) is 2.55. The molecule has 0 fully saturated rings. The van der Waals surface area contributed by atoms with E-state index in [9.17, 15) is 8.42 Å². The van der Waals surface area contributed by atoms with Crippen molar-refractivity contribution in [1.29, 1.82) is 0 Å². The Labute approximate surface area is 99.0 Å². The van der Waals surface area contributed by atoms with E-state index in [1.165, 1.54) is 0 Å². The molecule has 0 aromatic carbocycles. The van der Waals surface area contributed by atoms with Gasteiger partial charge in [0.2, 0.25) is 0 Å². The molecule has 0 spiro atoms. The van der Waals surface area contributed by atoms with Crippen molar-refractivity contribution in [2.75, 3.05) is 12.3 Å². The van der Waals surface area contributed by atoms with E-state index in [-0.39, 0.29) is 11.5 Å². The molecule has 1 aliphatic rings. The predicted molar refractivity (Wildman–Crippen MR) is 62.1 cm³/mol. The second kappa shape index (κ2) is 4.38. The van der Waals surface area contributed by atoms with Crippen molar-refractivity contribution in [3.8, 4) is 0 Å². The molecule has 0 saturated carbocycles. The lowest BCUT2D eigenvalue weighted by Gasteiger charge is -2.12. The van der Waals surface area contributed by atoms with Crippen molar-refractivity contribution in [3.05, 3.63) is 27.4 Å². The maximum absolute atomic E-state index is 11.6. The van der Waals surface area contributed by atoms with Gasteiger partial charge in [-0.05, 0) is 12.0 Å². The second-order valence-corrected chi connectivity index (χ2v) is 6.23. The highest BCUT2D eigenvalue weighted by molar-refractivity contribution is 7.90. The van der Waals surface area contributed by atoms with Crippen LogP contribution in [0, 0.1) is 0 Å². The van der Waals surface area contributed by atoms with Crippen LogP contribution in [0.3, 0.4) is 0 Å². The van der Waals surface area contributed by atoms with Gasteiger partial charge in [-0.15, -0.1) is 0 Å². The first kappa shape index (κ1) is 11.9. The van der Waals surface area contributed by atoms with E-state index in [1.807, 2.05) is 0 Å². The molecule has 92 valence electrons. The van der Waals surface area contributed by atoms with Crippen molar-refractivity contribution in [2.24, 2.45) is 12.2 Å². The Morgan fingerprint density at radius 3 is 3.06 bits per heavy atom. The summed E-state index contributed by atoms with van der Waals surface area (Å²) in [6, 6.07) is 0. The number of hydrogen-bond donors (Lipinski definition) is 0. The van der Waals surface area contributed by atoms with E-state index in [0.29, 0.717) is 19.4 Å². The van der Waals surface area contributed by atoms with Crippen LogP contribution in [0.15, 0.2) is 5.11 Å². The Morgan fingerprint density at radius 1 is 1.59 bits per heavy atom. The van der Waals surface area contributed by atoms with Crippen LogP contribution < -0.4 is 0 Å². The Kier molecular flexibility index (Phi) is 3.08. The molecule has 0 atom stereocenters. The zero-order valence-electron chi connectivity index (χ0n) is 9.50. The first-order valence-electron chi connectivity index (χ1n) is 5.28. The SMILES string of the molecule is Cn1nc2c(c1CCN=[N+]=[N-])CS(=O)(=O)CC2. The number of sulfone groups is 1. The number of nitrogens with zero attached hydrogens (tertiary/aromatic N) is 5. The molecule has 0 aliphatic carbocycles. The third kappa shape index (κ3) is 2.42. The van der Waals surface area contributed by atoms with Crippen molar-refractivity contribution >= 4 is 9.84 Å². The largest absolute Gasteiger partial charge is 0.272 e. The number of azide groups is 1. The van der Waals surface area contributed by atoms with Crippen LogP contribution >= 0.6 is 0 Å². The second-order valence-electron chi connectivity index (χ2n) is 4.04. The van der Waals surface area contributed by atoms with Crippen LogP contribution in [0.2, 0.25) is 0 Å². The summed E-state index contributed by atoms with van der Waals surface area (Å²) in [6.45, 7) is 0.322. The van der Waals surface area contributed by atoms with Crippen LogP contribution in [-0.2, 0) is 35.5 Å². The molecule has 2 heterocycles. The van der Waals surface area contributed by atoms with Gasteiger partial charge in [0, 0.05) is 36.2 Å². The van der Waals surface area contributed by atoms with Crippen molar-refractivity contribution in [1.82, 2.24) is 9.78 Å². The number of aromatic nitrogens is 2. The highest BCUT2D eigenvalue weighted by Gasteiger charge is 2.27. The first-order valence-corrected chi connectivity index (χ1v) is 7.10. The summed E-state index contributed by atoms with van der Waals surface area (Å²) in [5.74, 6) is 0.231. The minimum Gasteiger partial charge on any atom is -0.272 e. The highest BCUT2D eigenvalue weighted by Crippen LogP contribution is 2.23. The Balaban J connectivity index is 2.33. The number of fused-ring (bicyclic) bond motifs is 1. The van der Waals surface area contributed by atoms with Gasteiger partial charge < -0.3 is 0 Å². The average molecular weight is 255 g/mol. The molecule has 1 aromatic heterocycles. The van der Waals surface area contributed by atoms with Crippen molar-refractivity contribution in [3.63, 3.8) is 0 Å². The molecule has 0 radical (unpaired) electrons. The monoisotopic (exact) mass is 255 g/mol. The molecular formula is C9H13N5O2S. The third-order valence-corrected chi connectivity index (χ3v) is 4.44. The summed E-state index contributed by atoms with van der Waals surface area (Å²) in [5, 5.41) is 7.78. The van der Waals surface area contributed by atoms with Crippen LogP contribution in [-0.4, -0.2) is 30.5 Å². The first-order chi connectivity index (χ1) is 8.03. The van der Waals surface area contributed by atoms with Gasteiger partial charge in [0.25, 0.3) is 0 Å². The number of aryl methyl sites for hydroxylation is 2. The summed E-state index contributed by atoms with van der Waals surface area (Å²) in [5.41, 5.74) is 10.7. The summed E-state index contributed by atoms with van der Waals surface area (Å²) in [7, 11) is -1.20. The lowest BCUT2D eigenvalue weighted by molar-refractivity contribution is 0.591. The Bertz CT molecular complexity index is 583. The topological polar surface area (TPSA) is 101 Å². The summed E-state index contributed by atoms with van der Waals surface area (Å²) in [6.07, 6.45) is 1.01. The van der Waals surface area contributed by atoms with Crippen LogP contribution in [0.4, 0.5) is 0 Å². The van der Waals surface area contributed by atoms with Gasteiger partial charge in [-0.1, -0.05) is 5.11 Å². The standard InChI is InChI=1S/C9H13N5O2S/c1-14-9(2-4-11-13-10)7-6-17(15,16)5-3-8(7)12-14/h2-6H2,1H3. The van der Waals surface area contributed by atoms with Gasteiger partial charge >= 0.3 is 0 Å². The fraction of sp³-hybridized carbons (Fsp3) is 0.667. The molecule has 0 unspecified atom stereocenters. The van der Waals surface area contributed by atoms with Crippen molar-refractivity contribution in [2.45, 2.75) is 18.6 Å². The van der Waals surface area contributed by atoms with Crippen molar-refractivity contribution < 1.29 is 8.42 Å². The Morgan fingerprint density at radius 2 is 2.35 bits per heavy atom. The molecule has 17 heavy (non-hydrogen) atoms. The summed E-state index contributed by atoms with van der Waals surface area (Å²) >= 11 is 0. The number of hydrogen-bond acceptors (Lipinski definition) is 4. The van der Waals surface area contributed by atoms with Crippen LogP contribution in [0.5, 0.6) is 0 Å². The van der Waals surface area contributed by atoms with Gasteiger partial charge in [-0.25, -0.2) is 8.42 Å². The minimum atomic E-state index is -2.99.